The Bertz CT molecular complexity index is 465. The lowest BCUT2D eigenvalue weighted by atomic mass is 9.58. The van der Waals surface area contributed by atoms with Crippen molar-refractivity contribution in [2.24, 2.45) is 5.41 Å². The van der Waals surface area contributed by atoms with Crippen LogP contribution in [0.25, 0.3) is 0 Å². The third-order valence-corrected chi connectivity index (χ3v) is 6.97. The van der Waals surface area contributed by atoms with Gasteiger partial charge in [-0.15, -0.1) is 0 Å². The van der Waals surface area contributed by atoms with E-state index in [1.807, 2.05) is 7.11 Å². The van der Waals surface area contributed by atoms with Crippen LogP contribution in [0.3, 0.4) is 0 Å². The fourth-order valence-corrected chi connectivity index (χ4v) is 5.30. The van der Waals surface area contributed by atoms with Gasteiger partial charge in [0.1, 0.15) is 0 Å². The van der Waals surface area contributed by atoms with Crippen LogP contribution in [0, 0.1) is 5.41 Å². The zero-order chi connectivity index (χ0) is 17.3. The Morgan fingerprint density at radius 3 is 2.17 bits per heavy atom. The minimum Gasteiger partial charge on any atom is -0.381 e. The van der Waals surface area contributed by atoms with Crippen LogP contribution in [0.15, 0.2) is 0 Å². The van der Waals surface area contributed by atoms with Gasteiger partial charge in [0.2, 0.25) is 11.8 Å². The van der Waals surface area contributed by atoms with E-state index in [9.17, 15) is 9.59 Å². The second kappa shape index (κ2) is 7.12. The smallest absolute Gasteiger partial charge is 0.229 e. The number of amides is 2. The summed E-state index contributed by atoms with van der Waals surface area (Å²) in [5.41, 5.74) is 0.270. The topological polar surface area (TPSA) is 58.6 Å². The summed E-state index contributed by atoms with van der Waals surface area (Å²) in [6.07, 6.45) is 8.58. The molecule has 5 nitrogen and oxygen atoms in total. The van der Waals surface area contributed by atoms with E-state index in [1.54, 1.807) is 4.90 Å². The zero-order valence-corrected chi connectivity index (χ0v) is 15.3. The van der Waals surface area contributed by atoms with Crippen molar-refractivity contribution in [3.8, 4) is 0 Å². The van der Waals surface area contributed by atoms with E-state index in [0.717, 1.165) is 44.9 Å². The standard InChI is InChI=1S/C19H32N2O3/c1-4-19(5-2)15(12-16(19)24-3)20-13-6-8-14(9-7-13)21-17(22)10-11-18(21)23/h13-16,20H,4-12H2,1-3H3/t13?,14?,15-,16-/m1/s1. The molecule has 3 aliphatic rings. The molecule has 1 N–H and O–H groups in total. The van der Waals surface area contributed by atoms with Crippen molar-refractivity contribution >= 4 is 11.8 Å². The molecule has 3 rings (SSSR count). The largest absolute Gasteiger partial charge is 0.381 e. The Hall–Kier alpha value is -0.940. The molecule has 0 aromatic rings. The number of rotatable bonds is 6. The fraction of sp³-hybridized carbons (Fsp3) is 0.895. The van der Waals surface area contributed by atoms with Gasteiger partial charge in [0.25, 0.3) is 0 Å². The van der Waals surface area contributed by atoms with Crippen LogP contribution in [-0.2, 0) is 14.3 Å². The maximum absolute atomic E-state index is 11.9. The maximum atomic E-state index is 11.9. The van der Waals surface area contributed by atoms with Gasteiger partial charge in [0.15, 0.2) is 0 Å². The molecular formula is C19H32N2O3. The van der Waals surface area contributed by atoms with E-state index >= 15 is 0 Å². The highest BCUT2D eigenvalue weighted by Gasteiger charge is 2.53. The molecule has 1 aliphatic heterocycles. The Morgan fingerprint density at radius 2 is 1.67 bits per heavy atom. The van der Waals surface area contributed by atoms with Crippen molar-refractivity contribution in [2.45, 2.75) is 95.9 Å². The average molecular weight is 336 g/mol. The van der Waals surface area contributed by atoms with Crippen LogP contribution in [0.4, 0.5) is 0 Å². The third kappa shape index (κ3) is 2.90. The quantitative estimate of drug-likeness (QED) is 0.758. The summed E-state index contributed by atoms with van der Waals surface area (Å²) in [5.74, 6) is 0.0728. The number of imide groups is 1. The van der Waals surface area contributed by atoms with E-state index in [-0.39, 0.29) is 23.3 Å². The first-order chi connectivity index (χ1) is 11.6. The highest BCUT2D eigenvalue weighted by atomic mass is 16.5. The van der Waals surface area contributed by atoms with Gasteiger partial charge in [0.05, 0.1) is 6.10 Å². The number of carbonyl (C=O) groups excluding carboxylic acids is 2. The summed E-state index contributed by atoms with van der Waals surface area (Å²) in [5, 5.41) is 3.88. The Labute approximate surface area is 145 Å². The number of ether oxygens (including phenoxy) is 1. The Morgan fingerprint density at radius 1 is 1.08 bits per heavy atom. The molecule has 0 radical (unpaired) electrons. The van der Waals surface area contributed by atoms with Crippen LogP contribution < -0.4 is 5.32 Å². The van der Waals surface area contributed by atoms with Gasteiger partial charge < -0.3 is 10.1 Å². The van der Waals surface area contributed by atoms with Crippen LogP contribution >= 0.6 is 0 Å². The van der Waals surface area contributed by atoms with Crippen LogP contribution in [0.5, 0.6) is 0 Å². The number of hydrogen-bond donors (Lipinski definition) is 1. The first-order valence-corrected chi connectivity index (χ1v) is 9.69. The van der Waals surface area contributed by atoms with Crippen molar-refractivity contribution in [1.82, 2.24) is 10.2 Å². The first kappa shape index (κ1) is 17.9. The van der Waals surface area contributed by atoms with E-state index in [2.05, 4.69) is 19.2 Å². The molecule has 5 heteroatoms. The first-order valence-electron chi connectivity index (χ1n) is 9.69. The highest BCUT2D eigenvalue weighted by molar-refractivity contribution is 6.02. The fourth-order valence-electron chi connectivity index (χ4n) is 5.30. The number of likely N-dealkylation sites (tertiary alicyclic amines) is 1. The van der Waals surface area contributed by atoms with Gasteiger partial charge in [0, 0.05) is 43.5 Å². The van der Waals surface area contributed by atoms with Crippen molar-refractivity contribution in [1.29, 1.82) is 0 Å². The second-order valence-corrected chi connectivity index (χ2v) is 7.78. The molecule has 24 heavy (non-hydrogen) atoms. The van der Waals surface area contributed by atoms with E-state index in [4.69, 9.17) is 4.74 Å². The highest BCUT2D eigenvalue weighted by Crippen LogP contribution is 2.49. The minimum absolute atomic E-state index is 0.0364. The summed E-state index contributed by atoms with van der Waals surface area (Å²) in [6, 6.07) is 1.18. The molecule has 1 heterocycles. The Balaban J connectivity index is 1.53. The van der Waals surface area contributed by atoms with Gasteiger partial charge in [-0.3, -0.25) is 14.5 Å². The van der Waals surface area contributed by atoms with Gasteiger partial charge >= 0.3 is 0 Å². The molecular weight excluding hydrogens is 304 g/mol. The number of methoxy groups -OCH3 is 1. The lowest BCUT2D eigenvalue weighted by Gasteiger charge is -2.56. The number of hydrogen-bond acceptors (Lipinski definition) is 4. The number of carbonyl (C=O) groups is 2. The molecule has 0 aromatic carbocycles. The molecule has 3 fully saturated rings. The Kier molecular flexibility index (Phi) is 5.30. The predicted octanol–water partition coefficient (Wildman–Crippen LogP) is 2.63. The van der Waals surface area contributed by atoms with E-state index in [1.165, 1.54) is 0 Å². The molecule has 2 atom stereocenters. The minimum atomic E-state index is 0.0364. The monoisotopic (exact) mass is 336 g/mol. The van der Waals surface area contributed by atoms with Gasteiger partial charge in [-0.25, -0.2) is 0 Å². The molecule has 2 saturated carbocycles. The van der Waals surface area contributed by atoms with Crippen molar-refractivity contribution in [2.75, 3.05) is 7.11 Å². The van der Waals surface area contributed by atoms with Crippen LogP contribution in [0.2, 0.25) is 0 Å². The number of nitrogens with zero attached hydrogens (tertiary/aromatic N) is 1. The number of nitrogens with one attached hydrogen (secondary N) is 1. The summed E-state index contributed by atoms with van der Waals surface area (Å²) in [4.78, 5) is 25.4. The molecule has 2 amide bonds. The predicted molar refractivity (Wildman–Crippen MR) is 92.5 cm³/mol. The molecule has 0 spiro atoms. The van der Waals surface area contributed by atoms with Gasteiger partial charge in [-0.05, 0) is 44.9 Å². The maximum Gasteiger partial charge on any atom is 0.229 e. The molecule has 136 valence electrons. The lowest BCUT2D eigenvalue weighted by molar-refractivity contribution is -0.142. The van der Waals surface area contributed by atoms with Crippen molar-refractivity contribution in [3.05, 3.63) is 0 Å². The molecule has 2 aliphatic carbocycles. The normalized spacial score (nSPS) is 36.0. The zero-order valence-electron chi connectivity index (χ0n) is 15.3. The molecule has 1 saturated heterocycles. The van der Waals surface area contributed by atoms with Crippen LogP contribution in [0.1, 0.15) is 71.6 Å². The molecule has 0 bridgehead atoms. The summed E-state index contributed by atoms with van der Waals surface area (Å²) < 4.78 is 5.69. The van der Waals surface area contributed by atoms with Crippen LogP contribution in [-0.4, -0.2) is 48.1 Å². The summed E-state index contributed by atoms with van der Waals surface area (Å²) in [7, 11) is 1.83. The SMILES string of the molecule is CCC1(CC)[C@H](NC2CCC(N3C(=O)CCC3=O)CC2)C[C@H]1OC. The van der Waals surface area contributed by atoms with E-state index in [0.29, 0.717) is 31.0 Å². The molecule has 0 unspecified atom stereocenters. The van der Waals surface area contributed by atoms with Crippen molar-refractivity contribution in [3.63, 3.8) is 0 Å². The summed E-state index contributed by atoms with van der Waals surface area (Å²) in [6.45, 7) is 4.54. The van der Waals surface area contributed by atoms with E-state index < -0.39 is 0 Å². The summed E-state index contributed by atoms with van der Waals surface area (Å²) >= 11 is 0. The second-order valence-electron chi connectivity index (χ2n) is 7.78. The lowest BCUT2D eigenvalue weighted by Crippen LogP contribution is -2.65. The van der Waals surface area contributed by atoms with Crippen molar-refractivity contribution < 1.29 is 14.3 Å². The third-order valence-electron chi connectivity index (χ3n) is 6.97. The van der Waals surface area contributed by atoms with Gasteiger partial charge in [-0.1, -0.05) is 13.8 Å². The van der Waals surface area contributed by atoms with Gasteiger partial charge in [-0.2, -0.15) is 0 Å². The average Bonchev–Trinajstić information content (AvgIpc) is 2.92. The molecule has 0 aromatic heterocycles.